The Bertz CT molecular complexity index is 612. The van der Waals surface area contributed by atoms with Crippen LogP contribution in [0.5, 0.6) is 0 Å². The average Bonchev–Trinajstić information content (AvgIpc) is 2.80. The monoisotopic (exact) mass is 333 g/mol. The molecule has 2 N–H and O–H groups in total. The fourth-order valence-electron chi connectivity index (χ4n) is 3.11. The van der Waals surface area contributed by atoms with Gasteiger partial charge in [0.15, 0.2) is 0 Å². The molecule has 1 aromatic carbocycles. The molecule has 2 aromatic rings. The molecule has 20 heavy (non-hydrogen) atoms. The zero-order chi connectivity index (χ0) is 14.1. The molecule has 1 heterocycles. The van der Waals surface area contributed by atoms with Gasteiger partial charge in [-0.15, -0.1) is 0 Å². The summed E-state index contributed by atoms with van der Waals surface area (Å²) in [5.41, 5.74) is 9.62. The Morgan fingerprint density at radius 3 is 2.60 bits per heavy atom. The van der Waals surface area contributed by atoms with Crippen LogP contribution < -0.4 is 5.73 Å². The minimum Gasteiger partial charge on any atom is -0.383 e. The lowest BCUT2D eigenvalue weighted by Gasteiger charge is -2.23. The van der Waals surface area contributed by atoms with Crippen molar-refractivity contribution in [2.45, 2.75) is 38.0 Å². The van der Waals surface area contributed by atoms with Crippen molar-refractivity contribution in [1.82, 2.24) is 9.78 Å². The zero-order valence-corrected chi connectivity index (χ0v) is 13.4. The number of nitrogens with two attached hydrogens (primary N) is 1. The average molecular weight is 334 g/mol. The Balaban J connectivity index is 1.92. The first-order chi connectivity index (χ1) is 9.66. The van der Waals surface area contributed by atoms with Crippen LogP contribution in [-0.2, 0) is 7.05 Å². The second kappa shape index (κ2) is 5.60. The van der Waals surface area contributed by atoms with Crippen molar-refractivity contribution >= 4 is 21.7 Å². The van der Waals surface area contributed by atoms with Gasteiger partial charge in [0.2, 0.25) is 0 Å². The van der Waals surface area contributed by atoms with E-state index in [9.17, 15) is 0 Å². The van der Waals surface area contributed by atoms with Crippen molar-refractivity contribution in [2.24, 2.45) is 7.05 Å². The number of benzene rings is 1. The molecule has 1 saturated carbocycles. The molecule has 106 valence electrons. The molecule has 0 unspecified atom stereocenters. The number of rotatable bonds is 2. The molecule has 0 bridgehead atoms. The first kappa shape index (κ1) is 13.7. The van der Waals surface area contributed by atoms with Crippen LogP contribution in [0, 0.1) is 0 Å². The van der Waals surface area contributed by atoms with E-state index in [1.165, 1.54) is 42.1 Å². The van der Waals surface area contributed by atoms with Crippen LogP contribution in [0.3, 0.4) is 0 Å². The Morgan fingerprint density at radius 2 is 2.00 bits per heavy atom. The van der Waals surface area contributed by atoms with Crippen molar-refractivity contribution in [2.75, 3.05) is 5.73 Å². The Hall–Kier alpha value is -1.29. The second-order valence-corrected chi connectivity index (χ2v) is 6.49. The maximum absolute atomic E-state index is 6.05. The smallest absolute Gasteiger partial charge is 0.129 e. The van der Waals surface area contributed by atoms with Gasteiger partial charge in [0, 0.05) is 17.1 Å². The van der Waals surface area contributed by atoms with Gasteiger partial charge in [-0.3, -0.25) is 4.68 Å². The van der Waals surface area contributed by atoms with Crippen LogP contribution >= 0.6 is 15.9 Å². The molecule has 4 heteroatoms. The summed E-state index contributed by atoms with van der Waals surface area (Å²) >= 11 is 3.74. The fraction of sp³-hybridized carbons (Fsp3) is 0.438. The lowest BCUT2D eigenvalue weighted by molar-refractivity contribution is 0.442. The lowest BCUT2D eigenvalue weighted by atomic mass is 9.84. The third kappa shape index (κ3) is 2.49. The highest BCUT2D eigenvalue weighted by Crippen LogP contribution is 2.38. The number of hydrogen-bond acceptors (Lipinski definition) is 2. The number of nitrogens with zero attached hydrogens (tertiary/aromatic N) is 2. The number of nitrogen functional groups attached to an aromatic ring is 1. The van der Waals surface area contributed by atoms with Crippen LogP contribution in [0.25, 0.3) is 11.1 Å². The maximum Gasteiger partial charge on any atom is 0.129 e. The molecule has 0 amide bonds. The van der Waals surface area contributed by atoms with Gasteiger partial charge in [-0.05, 0) is 36.0 Å². The van der Waals surface area contributed by atoms with Gasteiger partial charge in [-0.25, -0.2) is 0 Å². The van der Waals surface area contributed by atoms with E-state index in [1.54, 1.807) is 4.68 Å². The van der Waals surface area contributed by atoms with Crippen LogP contribution in [0.4, 0.5) is 5.82 Å². The first-order valence-corrected chi connectivity index (χ1v) is 8.03. The summed E-state index contributed by atoms with van der Waals surface area (Å²) in [6.45, 7) is 0. The molecule has 0 spiro atoms. The van der Waals surface area contributed by atoms with Gasteiger partial charge in [-0.1, -0.05) is 47.3 Å². The highest BCUT2D eigenvalue weighted by molar-refractivity contribution is 9.10. The lowest BCUT2D eigenvalue weighted by Crippen LogP contribution is -2.05. The summed E-state index contributed by atoms with van der Waals surface area (Å²) in [6, 6.07) is 6.60. The molecule has 3 rings (SSSR count). The van der Waals surface area contributed by atoms with Crippen LogP contribution in [0.2, 0.25) is 0 Å². The number of hydrogen-bond donors (Lipinski definition) is 1. The van der Waals surface area contributed by atoms with E-state index in [-0.39, 0.29) is 0 Å². The molecule has 1 fully saturated rings. The van der Waals surface area contributed by atoms with E-state index >= 15 is 0 Å². The van der Waals surface area contributed by atoms with Crippen LogP contribution in [0.1, 0.15) is 43.6 Å². The highest BCUT2D eigenvalue weighted by Gasteiger charge is 2.18. The molecule has 0 saturated heterocycles. The molecule has 0 atom stereocenters. The third-order valence-corrected chi connectivity index (χ3v) is 5.03. The minimum absolute atomic E-state index is 0.707. The molecule has 3 nitrogen and oxygen atoms in total. The standard InChI is InChI=1S/C16H20BrN3/c1-20-16(18)14(10-19-20)12-7-8-13(15(17)9-12)11-5-3-2-4-6-11/h7-11H,2-6,18H2,1H3. The van der Waals surface area contributed by atoms with Crippen molar-refractivity contribution in [3.63, 3.8) is 0 Å². The molecule has 1 aromatic heterocycles. The van der Waals surface area contributed by atoms with Gasteiger partial charge in [0.1, 0.15) is 5.82 Å². The normalized spacial score (nSPS) is 16.5. The molecule has 0 aliphatic heterocycles. The zero-order valence-electron chi connectivity index (χ0n) is 11.8. The van der Waals surface area contributed by atoms with Gasteiger partial charge < -0.3 is 5.73 Å². The van der Waals surface area contributed by atoms with Crippen LogP contribution in [-0.4, -0.2) is 9.78 Å². The molecule has 1 aliphatic rings. The van der Waals surface area contributed by atoms with E-state index in [0.717, 1.165) is 11.1 Å². The van der Waals surface area contributed by atoms with E-state index < -0.39 is 0 Å². The number of aryl methyl sites for hydroxylation is 1. The summed E-state index contributed by atoms with van der Waals surface area (Å²) < 4.78 is 2.91. The predicted octanol–water partition coefficient (Wildman–Crippen LogP) is 4.48. The largest absolute Gasteiger partial charge is 0.383 e. The van der Waals surface area contributed by atoms with E-state index in [1.807, 2.05) is 13.2 Å². The van der Waals surface area contributed by atoms with Crippen molar-refractivity contribution in [3.05, 3.63) is 34.4 Å². The Labute approximate surface area is 128 Å². The summed E-state index contributed by atoms with van der Waals surface area (Å²) in [5.74, 6) is 1.42. The number of halogens is 1. The van der Waals surface area contributed by atoms with Crippen molar-refractivity contribution in [3.8, 4) is 11.1 Å². The Morgan fingerprint density at radius 1 is 1.25 bits per heavy atom. The Kier molecular flexibility index (Phi) is 3.83. The second-order valence-electron chi connectivity index (χ2n) is 5.64. The quantitative estimate of drug-likeness (QED) is 0.880. The fourth-order valence-corrected chi connectivity index (χ4v) is 3.81. The molecule has 0 radical (unpaired) electrons. The van der Waals surface area contributed by atoms with Crippen molar-refractivity contribution in [1.29, 1.82) is 0 Å². The van der Waals surface area contributed by atoms with Gasteiger partial charge in [-0.2, -0.15) is 5.10 Å². The van der Waals surface area contributed by atoms with Crippen LogP contribution in [0.15, 0.2) is 28.9 Å². The number of anilines is 1. The predicted molar refractivity (Wildman–Crippen MR) is 86.6 cm³/mol. The SMILES string of the molecule is Cn1ncc(-c2ccc(C3CCCCC3)c(Br)c2)c1N. The maximum atomic E-state index is 6.05. The molecular formula is C16H20BrN3. The minimum atomic E-state index is 0.707. The van der Waals surface area contributed by atoms with E-state index in [0.29, 0.717) is 11.7 Å². The summed E-state index contributed by atoms with van der Waals surface area (Å²) in [7, 11) is 1.87. The molecular weight excluding hydrogens is 314 g/mol. The van der Waals surface area contributed by atoms with Gasteiger partial charge in [0.25, 0.3) is 0 Å². The topological polar surface area (TPSA) is 43.8 Å². The van der Waals surface area contributed by atoms with Gasteiger partial charge >= 0.3 is 0 Å². The first-order valence-electron chi connectivity index (χ1n) is 7.24. The molecule has 1 aliphatic carbocycles. The summed E-state index contributed by atoms with van der Waals surface area (Å²) in [6.07, 6.45) is 8.55. The third-order valence-electron chi connectivity index (χ3n) is 4.34. The van der Waals surface area contributed by atoms with Crippen molar-refractivity contribution < 1.29 is 0 Å². The van der Waals surface area contributed by atoms with Gasteiger partial charge in [0.05, 0.1) is 6.20 Å². The summed E-state index contributed by atoms with van der Waals surface area (Å²) in [4.78, 5) is 0. The summed E-state index contributed by atoms with van der Waals surface area (Å²) in [5, 5.41) is 4.21. The van der Waals surface area contributed by atoms with E-state index in [4.69, 9.17) is 5.73 Å². The number of aromatic nitrogens is 2. The highest BCUT2D eigenvalue weighted by atomic mass is 79.9. The van der Waals surface area contributed by atoms with E-state index in [2.05, 4.69) is 39.2 Å².